The quantitative estimate of drug-likeness (QED) is 0.169. The first-order valence-corrected chi connectivity index (χ1v) is 18.5. The van der Waals surface area contributed by atoms with Crippen molar-refractivity contribution in [3.63, 3.8) is 0 Å². The molecule has 0 spiro atoms. The van der Waals surface area contributed by atoms with Crippen molar-refractivity contribution in [2.45, 2.75) is 0 Å². The lowest BCUT2D eigenvalue weighted by Gasteiger charge is -2.18. The molecule has 3 heteroatoms. The number of para-hydroxylation sites is 3. The molecule has 2 nitrogen and oxygen atoms in total. The maximum Gasteiger partial charge on any atom is 0.145 e. The SMILES string of the molecule is c1ccc(-n2c(-c3ccc(-c4c5ccccc5c(-c5ccc6sc7cc8ccccc8cc7c6c5)c5ccccc45)cc3)nc3ccccc32)cc1. The first kappa shape index (κ1) is 29.2. The topological polar surface area (TPSA) is 17.8 Å². The van der Waals surface area contributed by atoms with Crippen LogP contribution in [0.1, 0.15) is 0 Å². The molecule has 0 saturated carbocycles. The lowest BCUT2D eigenvalue weighted by Crippen LogP contribution is -1.97. The first-order valence-electron chi connectivity index (χ1n) is 17.7. The molecule has 242 valence electrons. The minimum Gasteiger partial charge on any atom is -0.292 e. The largest absolute Gasteiger partial charge is 0.292 e. The summed E-state index contributed by atoms with van der Waals surface area (Å²) < 4.78 is 4.92. The number of benzene rings is 9. The van der Waals surface area contributed by atoms with Crippen LogP contribution in [0.5, 0.6) is 0 Å². The van der Waals surface area contributed by atoms with Gasteiger partial charge in [0, 0.05) is 31.4 Å². The van der Waals surface area contributed by atoms with E-state index in [-0.39, 0.29) is 0 Å². The minimum atomic E-state index is 0.938. The zero-order valence-electron chi connectivity index (χ0n) is 28.1. The molecule has 11 aromatic rings. The average Bonchev–Trinajstić information content (AvgIpc) is 3.77. The van der Waals surface area contributed by atoms with E-state index in [0.717, 1.165) is 28.1 Å². The monoisotopic (exact) mass is 678 g/mol. The third-order valence-corrected chi connectivity index (χ3v) is 11.7. The molecule has 9 aromatic carbocycles. The zero-order valence-corrected chi connectivity index (χ0v) is 28.9. The molecule has 0 amide bonds. The van der Waals surface area contributed by atoms with E-state index >= 15 is 0 Å². The van der Waals surface area contributed by atoms with Crippen LogP contribution in [0, 0.1) is 0 Å². The molecular formula is C49H30N2S. The number of hydrogen-bond acceptors (Lipinski definition) is 2. The maximum absolute atomic E-state index is 5.12. The smallest absolute Gasteiger partial charge is 0.145 e. The van der Waals surface area contributed by atoms with Crippen LogP contribution >= 0.6 is 11.3 Å². The lowest BCUT2D eigenvalue weighted by molar-refractivity contribution is 1.10. The maximum atomic E-state index is 5.12. The van der Waals surface area contributed by atoms with Crippen molar-refractivity contribution in [2.75, 3.05) is 0 Å². The molecule has 0 bridgehead atoms. The molecule has 52 heavy (non-hydrogen) atoms. The van der Waals surface area contributed by atoms with Gasteiger partial charge < -0.3 is 0 Å². The number of thiophene rings is 1. The molecule has 0 aliphatic rings. The highest BCUT2D eigenvalue weighted by molar-refractivity contribution is 7.25. The molecule has 0 unspecified atom stereocenters. The summed E-state index contributed by atoms with van der Waals surface area (Å²) in [7, 11) is 0. The van der Waals surface area contributed by atoms with Gasteiger partial charge in [0.15, 0.2) is 0 Å². The van der Waals surface area contributed by atoms with Crippen molar-refractivity contribution in [3.8, 4) is 39.3 Å². The van der Waals surface area contributed by atoms with Gasteiger partial charge in [-0.1, -0.05) is 133 Å². The molecule has 0 aliphatic heterocycles. The van der Waals surface area contributed by atoms with Crippen molar-refractivity contribution in [1.82, 2.24) is 9.55 Å². The van der Waals surface area contributed by atoms with Crippen LogP contribution in [-0.2, 0) is 0 Å². The van der Waals surface area contributed by atoms with Crippen molar-refractivity contribution < 1.29 is 0 Å². The Morgan fingerprint density at radius 2 is 0.923 bits per heavy atom. The normalized spacial score (nSPS) is 11.8. The number of hydrogen-bond donors (Lipinski definition) is 0. The van der Waals surface area contributed by atoms with E-state index in [1.165, 1.54) is 74.7 Å². The fourth-order valence-electron chi connectivity index (χ4n) is 8.21. The zero-order chi connectivity index (χ0) is 34.2. The molecule has 0 radical (unpaired) electrons. The van der Waals surface area contributed by atoms with Crippen LogP contribution in [0.15, 0.2) is 182 Å². The number of fused-ring (bicyclic) bond motifs is 7. The van der Waals surface area contributed by atoms with Crippen LogP contribution in [0.2, 0.25) is 0 Å². The van der Waals surface area contributed by atoms with E-state index in [4.69, 9.17) is 4.98 Å². The van der Waals surface area contributed by atoms with Gasteiger partial charge in [0.05, 0.1) is 11.0 Å². The van der Waals surface area contributed by atoms with Crippen LogP contribution in [0.3, 0.4) is 0 Å². The molecular weight excluding hydrogens is 649 g/mol. The van der Waals surface area contributed by atoms with Gasteiger partial charge in [0.1, 0.15) is 5.82 Å². The number of nitrogens with zero attached hydrogens (tertiary/aromatic N) is 2. The summed E-state index contributed by atoms with van der Waals surface area (Å²) in [6, 6.07) is 66.2. The van der Waals surface area contributed by atoms with Crippen LogP contribution < -0.4 is 0 Å². The fourth-order valence-corrected chi connectivity index (χ4v) is 9.33. The Morgan fingerprint density at radius 3 is 1.63 bits per heavy atom. The summed E-state index contributed by atoms with van der Waals surface area (Å²) in [5.41, 5.74) is 9.24. The molecule has 11 rings (SSSR count). The van der Waals surface area contributed by atoms with Gasteiger partial charge in [-0.25, -0.2) is 4.98 Å². The van der Waals surface area contributed by atoms with E-state index in [1.807, 2.05) is 11.3 Å². The molecule has 2 aromatic heterocycles. The van der Waals surface area contributed by atoms with Gasteiger partial charge in [-0.15, -0.1) is 11.3 Å². The van der Waals surface area contributed by atoms with Gasteiger partial charge >= 0.3 is 0 Å². The summed E-state index contributed by atoms with van der Waals surface area (Å²) in [5, 5.41) is 10.2. The third-order valence-electron chi connectivity index (χ3n) is 10.6. The average molecular weight is 679 g/mol. The first-order chi connectivity index (χ1) is 25.8. The van der Waals surface area contributed by atoms with Gasteiger partial charge in [-0.05, 0) is 103 Å². The number of aromatic nitrogens is 2. The van der Waals surface area contributed by atoms with Gasteiger partial charge in [-0.2, -0.15) is 0 Å². The molecule has 0 saturated heterocycles. The second kappa shape index (κ2) is 11.5. The fraction of sp³-hybridized carbons (Fsp3) is 0. The second-order valence-electron chi connectivity index (χ2n) is 13.5. The highest BCUT2D eigenvalue weighted by atomic mass is 32.1. The number of imidazole rings is 1. The van der Waals surface area contributed by atoms with E-state index in [9.17, 15) is 0 Å². The van der Waals surface area contributed by atoms with E-state index in [0.29, 0.717) is 0 Å². The Bertz CT molecular complexity index is 3110. The minimum absolute atomic E-state index is 0.938. The summed E-state index contributed by atoms with van der Waals surface area (Å²) in [6.07, 6.45) is 0. The van der Waals surface area contributed by atoms with E-state index in [2.05, 4.69) is 187 Å². The van der Waals surface area contributed by atoms with Crippen LogP contribution in [0.25, 0.3) is 103 Å². The Balaban J connectivity index is 1.10. The Labute approximate surface area is 304 Å². The van der Waals surface area contributed by atoms with Crippen molar-refractivity contribution in [1.29, 1.82) is 0 Å². The molecule has 0 fully saturated rings. The molecule has 2 heterocycles. The number of rotatable bonds is 4. The Morgan fingerprint density at radius 1 is 0.385 bits per heavy atom. The van der Waals surface area contributed by atoms with Gasteiger partial charge in [-0.3, -0.25) is 4.57 Å². The molecule has 0 N–H and O–H groups in total. The van der Waals surface area contributed by atoms with Gasteiger partial charge in [0.25, 0.3) is 0 Å². The molecule has 0 atom stereocenters. The summed E-state index contributed by atoms with van der Waals surface area (Å²) in [5.74, 6) is 0.938. The Hall–Kier alpha value is -6.55. The highest BCUT2D eigenvalue weighted by Crippen LogP contribution is 2.46. The summed E-state index contributed by atoms with van der Waals surface area (Å²) >= 11 is 1.88. The van der Waals surface area contributed by atoms with E-state index < -0.39 is 0 Å². The van der Waals surface area contributed by atoms with Crippen LogP contribution in [-0.4, -0.2) is 9.55 Å². The highest BCUT2D eigenvalue weighted by Gasteiger charge is 2.19. The van der Waals surface area contributed by atoms with Crippen molar-refractivity contribution >= 4 is 74.9 Å². The van der Waals surface area contributed by atoms with Crippen molar-refractivity contribution in [2.24, 2.45) is 0 Å². The predicted octanol–water partition coefficient (Wildman–Crippen LogP) is 13.9. The Kier molecular flexibility index (Phi) is 6.46. The molecule has 0 aliphatic carbocycles. The van der Waals surface area contributed by atoms with Crippen molar-refractivity contribution in [3.05, 3.63) is 182 Å². The second-order valence-corrected chi connectivity index (χ2v) is 14.6. The lowest BCUT2D eigenvalue weighted by atomic mass is 9.85. The summed E-state index contributed by atoms with van der Waals surface area (Å²) in [4.78, 5) is 5.12. The van der Waals surface area contributed by atoms with Gasteiger partial charge in [0.2, 0.25) is 0 Å². The standard InChI is InChI=1S/C49H30N2S/c1-2-14-36(15-3-1)51-44-21-11-10-20-43(44)50-49(51)32-24-22-31(23-25-32)47-37-16-6-8-18-39(37)48(40-19-9-7-17-38(40)47)35-26-27-45-41(29-35)42-28-33-12-4-5-13-34(33)30-46(42)52-45/h1-30H. The van der Waals surface area contributed by atoms with Crippen LogP contribution in [0.4, 0.5) is 0 Å². The third kappa shape index (κ3) is 4.46. The summed E-state index contributed by atoms with van der Waals surface area (Å²) in [6.45, 7) is 0. The van der Waals surface area contributed by atoms with E-state index in [1.54, 1.807) is 0 Å². The predicted molar refractivity (Wildman–Crippen MR) is 223 cm³/mol.